The van der Waals surface area contributed by atoms with Gasteiger partial charge in [0, 0.05) is 31.6 Å². The molecule has 1 aromatic carbocycles. The van der Waals surface area contributed by atoms with E-state index >= 15 is 0 Å². The van der Waals surface area contributed by atoms with Crippen LogP contribution in [0.1, 0.15) is 47.2 Å². The van der Waals surface area contributed by atoms with Crippen molar-refractivity contribution in [3.05, 3.63) is 34.9 Å². The summed E-state index contributed by atoms with van der Waals surface area (Å²) in [4.78, 5) is 40.9. The molecule has 154 valence electrons. The summed E-state index contributed by atoms with van der Waals surface area (Å²) in [6.45, 7) is 5.84. The van der Waals surface area contributed by atoms with Crippen LogP contribution in [0.25, 0.3) is 0 Å². The Kier molecular flexibility index (Phi) is 4.87. The average molecular weight is 396 g/mol. The predicted molar refractivity (Wildman–Crippen MR) is 107 cm³/mol. The first-order chi connectivity index (χ1) is 14.1. The molecule has 4 aliphatic rings. The first-order valence-electron chi connectivity index (χ1n) is 10.8. The van der Waals surface area contributed by atoms with Crippen molar-refractivity contribution in [3.8, 4) is 0 Å². The SMILES string of the molecule is O=C1CCC(N2Cc3c(CN4CCCC(C5CNC5)C4)cccc3C2=O)C(=O)N1. The molecule has 0 saturated carbocycles. The maximum absolute atomic E-state index is 13.0. The number of carbonyl (C=O) groups excluding carboxylic acids is 3. The van der Waals surface area contributed by atoms with Gasteiger partial charge in [0.2, 0.25) is 11.8 Å². The van der Waals surface area contributed by atoms with Gasteiger partial charge < -0.3 is 10.2 Å². The molecule has 4 heterocycles. The van der Waals surface area contributed by atoms with Gasteiger partial charge in [-0.1, -0.05) is 12.1 Å². The average Bonchev–Trinajstić information content (AvgIpc) is 2.99. The summed E-state index contributed by atoms with van der Waals surface area (Å²) in [5, 5.41) is 5.76. The van der Waals surface area contributed by atoms with Crippen molar-refractivity contribution in [1.29, 1.82) is 0 Å². The molecule has 29 heavy (non-hydrogen) atoms. The molecule has 0 aliphatic carbocycles. The van der Waals surface area contributed by atoms with Crippen LogP contribution in [0.5, 0.6) is 0 Å². The largest absolute Gasteiger partial charge is 0.322 e. The highest BCUT2D eigenvalue weighted by molar-refractivity contribution is 6.05. The number of nitrogens with one attached hydrogen (secondary N) is 2. The number of benzene rings is 1. The van der Waals surface area contributed by atoms with Gasteiger partial charge in [-0.3, -0.25) is 24.6 Å². The van der Waals surface area contributed by atoms with E-state index in [0.29, 0.717) is 18.5 Å². The molecule has 5 rings (SSSR count). The maximum Gasteiger partial charge on any atom is 0.255 e. The number of carbonyl (C=O) groups is 3. The number of piperidine rings is 2. The van der Waals surface area contributed by atoms with Gasteiger partial charge in [-0.05, 0) is 67.9 Å². The zero-order valence-corrected chi connectivity index (χ0v) is 16.7. The highest BCUT2D eigenvalue weighted by Gasteiger charge is 2.40. The molecule has 0 aromatic heterocycles. The molecule has 0 spiro atoms. The quantitative estimate of drug-likeness (QED) is 0.739. The monoisotopic (exact) mass is 396 g/mol. The second-order valence-electron chi connectivity index (χ2n) is 8.90. The Morgan fingerprint density at radius 3 is 2.69 bits per heavy atom. The highest BCUT2D eigenvalue weighted by atomic mass is 16.2. The normalized spacial score (nSPS) is 28.3. The van der Waals surface area contributed by atoms with E-state index in [1.807, 2.05) is 12.1 Å². The molecule has 2 N–H and O–H groups in total. The molecule has 3 saturated heterocycles. The Labute approximate surface area is 170 Å². The molecule has 0 bridgehead atoms. The molecule has 7 nitrogen and oxygen atoms in total. The van der Waals surface area contributed by atoms with E-state index in [1.165, 1.54) is 18.4 Å². The highest BCUT2D eigenvalue weighted by Crippen LogP contribution is 2.32. The van der Waals surface area contributed by atoms with Gasteiger partial charge in [0.25, 0.3) is 5.91 Å². The van der Waals surface area contributed by atoms with Crippen molar-refractivity contribution >= 4 is 17.7 Å². The number of rotatable bonds is 4. The third-order valence-corrected chi connectivity index (χ3v) is 7.09. The van der Waals surface area contributed by atoms with Crippen molar-refractivity contribution in [1.82, 2.24) is 20.4 Å². The number of hydrogen-bond donors (Lipinski definition) is 2. The standard InChI is InChI=1S/C22H28N4O3/c27-20-7-6-19(21(28)24-20)26-13-18-15(3-1-5-17(18)22(26)29)12-25-8-2-4-14(11-25)16-9-23-10-16/h1,3,5,14,16,19,23H,2,4,6-13H2,(H,24,27,28). The van der Waals surface area contributed by atoms with Crippen LogP contribution in [-0.4, -0.2) is 59.7 Å². The Morgan fingerprint density at radius 1 is 1.07 bits per heavy atom. The Hall–Kier alpha value is -2.25. The zero-order valence-electron chi connectivity index (χ0n) is 16.7. The summed E-state index contributed by atoms with van der Waals surface area (Å²) >= 11 is 0. The molecular weight excluding hydrogens is 368 g/mol. The summed E-state index contributed by atoms with van der Waals surface area (Å²) in [6, 6.07) is 5.39. The minimum absolute atomic E-state index is 0.0894. The van der Waals surface area contributed by atoms with Gasteiger partial charge in [0.15, 0.2) is 0 Å². The number of likely N-dealkylation sites (tertiary alicyclic amines) is 1. The summed E-state index contributed by atoms with van der Waals surface area (Å²) in [7, 11) is 0. The van der Waals surface area contributed by atoms with Crippen molar-refractivity contribution < 1.29 is 14.4 Å². The van der Waals surface area contributed by atoms with Crippen LogP contribution in [-0.2, 0) is 22.7 Å². The number of amides is 3. The van der Waals surface area contributed by atoms with Crippen LogP contribution in [0.15, 0.2) is 18.2 Å². The van der Waals surface area contributed by atoms with Gasteiger partial charge in [-0.25, -0.2) is 0 Å². The first kappa shape index (κ1) is 18.8. The van der Waals surface area contributed by atoms with Crippen molar-refractivity contribution in [2.75, 3.05) is 26.2 Å². The fourth-order valence-corrected chi connectivity index (χ4v) is 5.30. The van der Waals surface area contributed by atoms with E-state index in [-0.39, 0.29) is 24.1 Å². The molecule has 4 aliphatic heterocycles. The first-order valence-corrected chi connectivity index (χ1v) is 10.8. The predicted octanol–water partition coefficient (Wildman–Crippen LogP) is 0.879. The topological polar surface area (TPSA) is 81.8 Å². The Balaban J connectivity index is 1.31. The lowest BCUT2D eigenvalue weighted by Crippen LogP contribution is -2.52. The molecule has 2 unspecified atom stereocenters. The summed E-state index contributed by atoms with van der Waals surface area (Å²) in [5.41, 5.74) is 2.96. The smallest absolute Gasteiger partial charge is 0.255 e. The molecule has 3 amide bonds. The molecular formula is C22H28N4O3. The van der Waals surface area contributed by atoms with Crippen LogP contribution >= 0.6 is 0 Å². The van der Waals surface area contributed by atoms with Gasteiger partial charge >= 0.3 is 0 Å². The van der Waals surface area contributed by atoms with E-state index in [4.69, 9.17) is 0 Å². The van der Waals surface area contributed by atoms with E-state index in [0.717, 1.165) is 50.1 Å². The van der Waals surface area contributed by atoms with E-state index in [9.17, 15) is 14.4 Å². The van der Waals surface area contributed by atoms with E-state index in [2.05, 4.69) is 21.6 Å². The van der Waals surface area contributed by atoms with Gasteiger partial charge in [0.1, 0.15) is 6.04 Å². The number of imide groups is 1. The molecule has 0 radical (unpaired) electrons. The summed E-state index contributed by atoms with van der Waals surface area (Å²) in [5.74, 6) is 0.884. The van der Waals surface area contributed by atoms with Crippen molar-refractivity contribution in [2.45, 2.75) is 44.8 Å². The molecule has 2 atom stereocenters. The van der Waals surface area contributed by atoms with Gasteiger partial charge in [-0.15, -0.1) is 0 Å². The van der Waals surface area contributed by atoms with Crippen LogP contribution in [0.3, 0.4) is 0 Å². The number of fused-ring (bicyclic) bond motifs is 1. The van der Waals surface area contributed by atoms with Crippen LogP contribution in [0.2, 0.25) is 0 Å². The minimum Gasteiger partial charge on any atom is -0.322 e. The third-order valence-electron chi connectivity index (χ3n) is 7.09. The van der Waals surface area contributed by atoms with Gasteiger partial charge in [-0.2, -0.15) is 0 Å². The Morgan fingerprint density at radius 2 is 1.93 bits per heavy atom. The summed E-state index contributed by atoms with van der Waals surface area (Å²) in [6.07, 6.45) is 3.24. The fraction of sp³-hybridized carbons (Fsp3) is 0.591. The number of nitrogens with zero attached hydrogens (tertiary/aromatic N) is 2. The minimum atomic E-state index is -0.550. The van der Waals surface area contributed by atoms with Crippen molar-refractivity contribution in [3.63, 3.8) is 0 Å². The van der Waals surface area contributed by atoms with E-state index in [1.54, 1.807) is 4.90 Å². The van der Waals surface area contributed by atoms with Gasteiger partial charge in [0.05, 0.1) is 0 Å². The van der Waals surface area contributed by atoms with Crippen LogP contribution < -0.4 is 10.6 Å². The molecule has 7 heteroatoms. The molecule has 1 aromatic rings. The lowest BCUT2D eigenvalue weighted by molar-refractivity contribution is -0.136. The lowest BCUT2D eigenvalue weighted by atomic mass is 9.82. The van der Waals surface area contributed by atoms with E-state index < -0.39 is 6.04 Å². The molecule has 3 fully saturated rings. The fourth-order valence-electron chi connectivity index (χ4n) is 5.30. The van der Waals surface area contributed by atoms with Crippen LogP contribution in [0.4, 0.5) is 0 Å². The third kappa shape index (κ3) is 3.46. The zero-order chi connectivity index (χ0) is 20.0. The number of hydrogen-bond acceptors (Lipinski definition) is 5. The second kappa shape index (κ2) is 7.54. The summed E-state index contributed by atoms with van der Waals surface area (Å²) < 4.78 is 0. The van der Waals surface area contributed by atoms with Crippen LogP contribution in [0, 0.1) is 11.8 Å². The van der Waals surface area contributed by atoms with Crippen molar-refractivity contribution in [2.24, 2.45) is 11.8 Å². The maximum atomic E-state index is 13.0. The second-order valence-corrected chi connectivity index (χ2v) is 8.90. The lowest BCUT2D eigenvalue weighted by Gasteiger charge is -2.41. The Bertz CT molecular complexity index is 850.